The molecule has 2 aromatic rings. The first kappa shape index (κ1) is 18.3. The summed E-state index contributed by atoms with van der Waals surface area (Å²) in [5, 5.41) is 11.3. The second-order valence-electron chi connectivity index (χ2n) is 6.22. The molecule has 7 heteroatoms. The number of hydrogen-bond acceptors (Lipinski definition) is 5. The molecule has 0 aliphatic carbocycles. The third-order valence-electron chi connectivity index (χ3n) is 4.35. The van der Waals surface area contributed by atoms with Crippen molar-refractivity contribution in [2.24, 2.45) is 0 Å². The fourth-order valence-corrected chi connectivity index (χ4v) is 3.58. The molecule has 3 rings (SSSR count). The molecule has 0 saturated carbocycles. The van der Waals surface area contributed by atoms with Crippen molar-refractivity contribution in [3.05, 3.63) is 46.7 Å². The Morgan fingerprint density at radius 3 is 2.38 bits per heavy atom. The molecule has 6 nitrogen and oxygen atoms in total. The quantitative estimate of drug-likeness (QED) is 0.870. The number of carbonyl (C=O) groups is 2. The largest absolute Gasteiger partial charge is 0.508 e. The average Bonchev–Trinajstić information content (AvgIpc) is 3.16. The van der Waals surface area contributed by atoms with Gasteiger partial charge in [0.15, 0.2) is 6.10 Å². The number of nitrogens with zero attached hydrogens (tertiary/aromatic N) is 2. The minimum atomic E-state index is -0.618. The number of piperazine rings is 1. The van der Waals surface area contributed by atoms with E-state index in [-0.39, 0.29) is 17.6 Å². The van der Waals surface area contributed by atoms with Gasteiger partial charge in [-0.2, -0.15) is 0 Å². The SMILES string of the molecule is CC(Oc1ccc(O)cc1)C(=O)N1CCN(C(=O)Cc2cccs2)CC1. The summed E-state index contributed by atoms with van der Waals surface area (Å²) in [6.45, 7) is 3.82. The van der Waals surface area contributed by atoms with Gasteiger partial charge in [-0.1, -0.05) is 6.07 Å². The molecule has 26 heavy (non-hydrogen) atoms. The number of phenols is 1. The first-order valence-electron chi connectivity index (χ1n) is 8.57. The Hall–Kier alpha value is -2.54. The van der Waals surface area contributed by atoms with Crippen LogP contribution in [0.4, 0.5) is 0 Å². The molecule has 1 saturated heterocycles. The number of rotatable bonds is 5. The fraction of sp³-hybridized carbons (Fsp3) is 0.368. The van der Waals surface area contributed by atoms with Gasteiger partial charge in [0.05, 0.1) is 6.42 Å². The van der Waals surface area contributed by atoms with Crippen LogP contribution in [0.15, 0.2) is 41.8 Å². The van der Waals surface area contributed by atoms with Crippen molar-refractivity contribution in [1.82, 2.24) is 9.80 Å². The molecule has 1 unspecified atom stereocenters. The minimum absolute atomic E-state index is 0.0940. The highest BCUT2D eigenvalue weighted by Crippen LogP contribution is 2.18. The summed E-state index contributed by atoms with van der Waals surface area (Å²) in [6, 6.07) is 10.2. The van der Waals surface area contributed by atoms with Crippen LogP contribution < -0.4 is 4.74 Å². The van der Waals surface area contributed by atoms with E-state index in [4.69, 9.17) is 4.74 Å². The third kappa shape index (κ3) is 4.54. The van der Waals surface area contributed by atoms with E-state index in [0.29, 0.717) is 38.3 Å². The van der Waals surface area contributed by atoms with Crippen LogP contribution in [0.2, 0.25) is 0 Å². The number of carbonyl (C=O) groups excluding carboxylic acids is 2. The van der Waals surface area contributed by atoms with Gasteiger partial charge in [-0.3, -0.25) is 9.59 Å². The summed E-state index contributed by atoms with van der Waals surface area (Å²) < 4.78 is 5.65. The molecule has 0 bridgehead atoms. The van der Waals surface area contributed by atoms with Crippen molar-refractivity contribution in [1.29, 1.82) is 0 Å². The number of hydrogen-bond donors (Lipinski definition) is 1. The van der Waals surface area contributed by atoms with E-state index in [9.17, 15) is 14.7 Å². The Labute approximate surface area is 156 Å². The number of phenolic OH excluding ortho intramolecular Hbond substituents is 1. The van der Waals surface area contributed by atoms with Gasteiger partial charge in [0.2, 0.25) is 5.91 Å². The maximum atomic E-state index is 12.6. The molecule has 1 aliphatic heterocycles. The first-order chi connectivity index (χ1) is 12.5. The molecule has 1 aromatic heterocycles. The Balaban J connectivity index is 1.48. The molecule has 0 radical (unpaired) electrons. The van der Waals surface area contributed by atoms with E-state index in [1.54, 1.807) is 35.3 Å². The van der Waals surface area contributed by atoms with E-state index in [1.165, 1.54) is 12.1 Å². The summed E-state index contributed by atoms with van der Waals surface area (Å²) in [5.41, 5.74) is 0. The smallest absolute Gasteiger partial charge is 0.263 e. The highest BCUT2D eigenvalue weighted by atomic mass is 32.1. The summed E-state index contributed by atoms with van der Waals surface area (Å²) >= 11 is 1.58. The molecule has 1 fully saturated rings. The van der Waals surface area contributed by atoms with E-state index in [2.05, 4.69) is 0 Å². The number of amides is 2. The van der Waals surface area contributed by atoms with Crippen LogP contribution in [0.1, 0.15) is 11.8 Å². The van der Waals surface area contributed by atoms with E-state index in [1.807, 2.05) is 22.4 Å². The van der Waals surface area contributed by atoms with Crippen LogP contribution in [-0.2, 0) is 16.0 Å². The van der Waals surface area contributed by atoms with E-state index < -0.39 is 6.10 Å². The summed E-state index contributed by atoms with van der Waals surface area (Å²) in [7, 11) is 0. The monoisotopic (exact) mass is 374 g/mol. The van der Waals surface area contributed by atoms with E-state index in [0.717, 1.165) is 4.88 Å². The van der Waals surface area contributed by atoms with Crippen LogP contribution in [0.25, 0.3) is 0 Å². The fourth-order valence-electron chi connectivity index (χ4n) is 2.89. The molecule has 2 heterocycles. The average molecular weight is 374 g/mol. The third-order valence-corrected chi connectivity index (χ3v) is 5.22. The van der Waals surface area contributed by atoms with Gasteiger partial charge < -0.3 is 19.6 Å². The molecule has 138 valence electrons. The van der Waals surface area contributed by atoms with Gasteiger partial charge in [0, 0.05) is 31.1 Å². The first-order valence-corrected chi connectivity index (χ1v) is 9.45. The van der Waals surface area contributed by atoms with Crippen molar-refractivity contribution >= 4 is 23.2 Å². The number of aromatic hydroxyl groups is 1. The lowest BCUT2D eigenvalue weighted by atomic mass is 10.2. The van der Waals surface area contributed by atoms with Gasteiger partial charge in [0.25, 0.3) is 5.91 Å². The number of thiophene rings is 1. The Morgan fingerprint density at radius 1 is 1.12 bits per heavy atom. The van der Waals surface area contributed by atoms with Gasteiger partial charge in [-0.05, 0) is 42.6 Å². The van der Waals surface area contributed by atoms with Crippen molar-refractivity contribution < 1.29 is 19.4 Å². The highest BCUT2D eigenvalue weighted by molar-refractivity contribution is 7.10. The van der Waals surface area contributed by atoms with Crippen molar-refractivity contribution in [3.63, 3.8) is 0 Å². The molecule has 1 N–H and O–H groups in total. The molecule has 1 aliphatic rings. The van der Waals surface area contributed by atoms with Gasteiger partial charge >= 0.3 is 0 Å². The molecular weight excluding hydrogens is 352 g/mol. The van der Waals surface area contributed by atoms with E-state index >= 15 is 0 Å². The van der Waals surface area contributed by atoms with Crippen molar-refractivity contribution in [3.8, 4) is 11.5 Å². The summed E-state index contributed by atoms with van der Waals surface area (Å²) in [5.74, 6) is 0.699. The predicted octanol–water partition coefficient (Wildman–Crippen LogP) is 2.13. The Kier molecular flexibility index (Phi) is 5.78. The van der Waals surface area contributed by atoms with Gasteiger partial charge in [-0.15, -0.1) is 11.3 Å². The topological polar surface area (TPSA) is 70.1 Å². The van der Waals surface area contributed by atoms with Crippen molar-refractivity contribution in [2.75, 3.05) is 26.2 Å². The molecule has 1 atom stereocenters. The Morgan fingerprint density at radius 2 is 1.77 bits per heavy atom. The van der Waals surface area contributed by atoms with Crippen LogP contribution in [0, 0.1) is 0 Å². The number of benzene rings is 1. The van der Waals surface area contributed by atoms with Crippen LogP contribution in [-0.4, -0.2) is 59.0 Å². The van der Waals surface area contributed by atoms with Gasteiger partial charge in [-0.25, -0.2) is 0 Å². The van der Waals surface area contributed by atoms with Crippen LogP contribution in [0.3, 0.4) is 0 Å². The molecular formula is C19H22N2O4S. The Bertz CT molecular complexity index is 737. The lowest BCUT2D eigenvalue weighted by Gasteiger charge is -2.35. The lowest BCUT2D eigenvalue weighted by molar-refractivity contribution is -0.143. The van der Waals surface area contributed by atoms with Crippen LogP contribution >= 0.6 is 11.3 Å². The van der Waals surface area contributed by atoms with Crippen LogP contribution in [0.5, 0.6) is 11.5 Å². The summed E-state index contributed by atoms with van der Waals surface area (Å²) in [6.07, 6.45) is -0.195. The second-order valence-corrected chi connectivity index (χ2v) is 7.25. The highest BCUT2D eigenvalue weighted by Gasteiger charge is 2.27. The maximum Gasteiger partial charge on any atom is 0.263 e. The second kappa shape index (κ2) is 8.23. The zero-order chi connectivity index (χ0) is 18.5. The standard InChI is InChI=1S/C19H22N2O4S/c1-14(25-16-6-4-15(22)5-7-16)19(24)21-10-8-20(9-11-21)18(23)13-17-3-2-12-26-17/h2-7,12,14,22H,8-11,13H2,1H3. The molecule has 1 aromatic carbocycles. The zero-order valence-corrected chi connectivity index (χ0v) is 15.4. The predicted molar refractivity (Wildman–Crippen MR) is 99.4 cm³/mol. The van der Waals surface area contributed by atoms with Gasteiger partial charge in [0.1, 0.15) is 11.5 Å². The molecule has 2 amide bonds. The van der Waals surface area contributed by atoms with Crippen molar-refractivity contribution in [2.45, 2.75) is 19.4 Å². The lowest BCUT2D eigenvalue weighted by Crippen LogP contribution is -2.53. The molecule has 0 spiro atoms. The zero-order valence-electron chi connectivity index (χ0n) is 14.6. The summed E-state index contributed by atoms with van der Waals surface area (Å²) in [4.78, 5) is 29.5. The normalized spacial score (nSPS) is 15.6. The maximum absolute atomic E-state index is 12.6. The number of ether oxygens (including phenoxy) is 1. The minimum Gasteiger partial charge on any atom is -0.508 e.